The fraction of sp³-hybridized carbons (Fsp3) is 0.500. The van der Waals surface area contributed by atoms with Crippen LogP contribution in [0.5, 0.6) is 0 Å². The van der Waals surface area contributed by atoms with Gasteiger partial charge in [0.15, 0.2) is 0 Å². The Hall–Kier alpha value is -1.78. The summed E-state index contributed by atoms with van der Waals surface area (Å²) < 4.78 is 5.51. The van der Waals surface area contributed by atoms with Crippen molar-refractivity contribution < 1.29 is 0 Å². The molecule has 0 amide bonds. The highest BCUT2D eigenvalue weighted by molar-refractivity contribution is 5.00. The second-order valence-electron chi connectivity index (χ2n) is 4.07. The molecule has 5 heteroatoms. The summed E-state index contributed by atoms with van der Waals surface area (Å²) in [6, 6.07) is 0. The highest BCUT2D eigenvalue weighted by Gasteiger charge is 2.06. The van der Waals surface area contributed by atoms with Crippen molar-refractivity contribution in [2.75, 3.05) is 0 Å². The zero-order chi connectivity index (χ0) is 12.3. The third-order valence-corrected chi connectivity index (χ3v) is 2.85. The van der Waals surface area contributed by atoms with E-state index in [0.29, 0.717) is 6.54 Å². The summed E-state index contributed by atoms with van der Waals surface area (Å²) in [5, 5.41) is 0. The first-order valence-electron chi connectivity index (χ1n) is 6.00. The number of rotatable bonds is 5. The number of hydrogen-bond donors (Lipinski definition) is 0. The van der Waals surface area contributed by atoms with Crippen LogP contribution in [0.15, 0.2) is 29.7 Å². The van der Waals surface area contributed by atoms with E-state index < -0.39 is 0 Å². The molecule has 0 aliphatic rings. The Balaban J connectivity index is 2.22. The zero-order valence-electron chi connectivity index (χ0n) is 10.3. The lowest BCUT2D eigenvalue weighted by Gasteiger charge is -2.05. The van der Waals surface area contributed by atoms with Crippen molar-refractivity contribution in [1.82, 2.24) is 18.7 Å². The minimum absolute atomic E-state index is 0.0516. The van der Waals surface area contributed by atoms with Crippen LogP contribution in [0.3, 0.4) is 0 Å². The van der Waals surface area contributed by atoms with Gasteiger partial charge in [0.25, 0.3) is 0 Å². The van der Waals surface area contributed by atoms with Crippen molar-refractivity contribution in [3.05, 3.63) is 41.1 Å². The smallest absolute Gasteiger partial charge is 0.328 e. The van der Waals surface area contributed by atoms with Crippen molar-refractivity contribution in [2.24, 2.45) is 0 Å². The molecule has 2 rings (SSSR count). The van der Waals surface area contributed by atoms with E-state index in [1.807, 2.05) is 23.2 Å². The summed E-state index contributed by atoms with van der Waals surface area (Å²) in [7, 11) is 0. The van der Waals surface area contributed by atoms with Crippen LogP contribution in [0.2, 0.25) is 0 Å². The summed E-state index contributed by atoms with van der Waals surface area (Å²) in [5.41, 5.74) is 1.11. The van der Waals surface area contributed by atoms with Crippen LogP contribution in [0.1, 0.15) is 26.0 Å². The first kappa shape index (κ1) is 11.7. The second-order valence-corrected chi connectivity index (χ2v) is 4.07. The molecule has 0 aromatic carbocycles. The van der Waals surface area contributed by atoms with Crippen molar-refractivity contribution in [2.45, 2.75) is 39.9 Å². The first-order valence-corrected chi connectivity index (χ1v) is 6.00. The van der Waals surface area contributed by atoms with Crippen molar-refractivity contribution in [1.29, 1.82) is 0 Å². The van der Waals surface area contributed by atoms with Crippen LogP contribution in [0.4, 0.5) is 0 Å². The fourth-order valence-corrected chi connectivity index (χ4v) is 1.92. The lowest BCUT2D eigenvalue weighted by atomic mass is 10.4. The molecule has 0 fully saturated rings. The van der Waals surface area contributed by atoms with Gasteiger partial charge in [-0.1, -0.05) is 6.92 Å². The Labute approximate surface area is 100 Å². The Bertz CT molecular complexity index is 535. The van der Waals surface area contributed by atoms with Crippen LogP contribution in [-0.2, 0) is 19.6 Å². The Morgan fingerprint density at radius 2 is 1.94 bits per heavy atom. The molecular formula is C12H18N4O. The van der Waals surface area contributed by atoms with E-state index in [9.17, 15) is 4.79 Å². The third kappa shape index (κ3) is 2.33. The van der Waals surface area contributed by atoms with Crippen LogP contribution in [0.25, 0.3) is 0 Å². The molecule has 0 unspecified atom stereocenters. The molecule has 92 valence electrons. The van der Waals surface area contributed by atoms with E-state index in [4.69, 9.17) is 0 Å². The van der Waals surface area contributed by atoms with E-state index >= 15 is 0 Å². The molecule has 0 aliphatic heterocycles. The second kappa shape index (κ2) is 5.03. The van der Waals surface area contributed by atoms with E-state index in [2.05, 4.69) is 18.8 Å². The maximum absolute atomic E-state index is 12.0. The lowest BCUT2D eigenvalue weighted by Crippen LogP contribution is -2.25. The van der Waals surface area contributed by atoms with Gasteiger partial charge in [0.05, 0.1) is 18.6 Å². The standard InChI is InChI=1S/C12H18N4O/c1-3-5-15-6-7-16(12(15)17)9-11-8-13-10-14(11)4-2/h6-8,10H,3-5,9H2,1-2H3. The van der Waals surface area contributed by atoms with Gasteiger partial charge in [-0.3, -0.25) is 9.13 Å². The van der Waals surface area contributed by atoms with Gasteiger partial charge in [-0.25, -0.2) is 9.78 Å². The van der Waals surface area contributed by atoms with Crippen molar-refractivity contribution >= 4 is 0 Å². The number of nitrogens with zero attached hydrogens (tertiary/aromatic N) is 4. The van der Waals surface area contributed by atoms with Gasteiger partial charge in [0.1, 0.15) is 0 Å². The van der Waals surface area contributed by atoms with Gasteiger partial charge in [-0.05, 0) is 13.3 Å². The Morgan fingerprint density at radius 3 is 2.65 bits per heavy atom. The van der Waals surface area contributed by atoms with E-state index in [-0.39, 0.29) is 5.69 Å². The van der Waals surface area contributed by atoms with Gasteiger partial charge in [0.2, 0.25) is 0 Å². The monoisotopic (exact) mass is 234 g/mol. The minimum atomic E-state index is 0.0516. The third-order valence-electron chi connectivity index (χ3n) is 2.85. The highest BCUT2D eigenvalue weighted by atomic mass is 16.1. The molecule has 0 N–H and O–H groups in total. The van der Waals surface area contributed by atoms with Gasteiger partial charge in [-0.2, -0.15) is 0 Å². The lowest BCUT2D eigenvalue weighted by molar-refractivity contribution is 0.607. The number of imidazole rings is 2. The molecule has 0 radical (unpaired) electrons. The molecule has 0 atom stereocenters. The molecule has 5 nitrogen and oxygen atoms in total. The minimum Gasteiger partial charge on any atom is -0.333 e. The summed E-state index contributed by atoms with van der Waals surface area (Å²) in [4.78, 5) is 16.1. The maximum Gasteiger partial charge on any atom is 0.328 e. The van der Waals surface area contributed by atoms with E-state index in [0.717, 1.165) is 25.2 Å². The predicted octanol–water partition coefficient (Wildman–Crippen LogP) is 1.32. The van der Waals surface area contributed by atoms with Crippen LogP contribution in [-0.4, -0.2) is 18.7 Å². The molecule has 0 bridgehead atoms. The van der Waals surface area contributed by atoms with Crippen LogP contribution < -0.4 is 5.69 Å². The summed E-state index contributed by atoms with van der Waals surface area (Å²) >= 11 is 0. The maximum atomic E-state index is 12.0. The summed E-state index contributed by atoms with van der Waals surface area (Å²) in [6.45, 7) is 6.37. The highest BCUT2D eigenvalue weighted by Crippen LogP contribution is 2.01. The van der Waals surface area contributed by atoms with Gasteiger partial charge >= 0.3 is 5.69 Å². The van der Waals surface area contributed by atoms with Gasteiger partial charge < -0.3 is 4.57 Å². The van der Waals surface area contributed by atoms with Crippen molar-refractivity contribution in [3.8, 4) is 0 Å². The average molecular weight is 234 g/mol. The van der Waals surface area contributed by atoms with Gasteiger partial charge in [0, 0.05) is 31.7 Å². The summed E-state index contributed by atoms with van der Waals surface area (Å²) in [5.74, 6) is 0. The topological polar surface area (TPSA) is 44.8 Å². The number of aromatic nitrogens is 4. The average Bonchev–Trinajstić information content (AvgIpc) is 2.91. The molecule has 17 heavy (non-hydrogen) atoms. The van der Waals surface area contributed by atoms with E-state index in [1.165, 1.54) is 0 Å². The molecule has 0 saturated carbocycles. The molecule has 2 heterocycles. The molecular weight excluding hydrogens is 216 g/mol. The van der Waals surface area contributed by atoms with Gasteiger partial charge in [-0.15, -0.1) is 0 Å². The fourth-order valence-electron chi connectivity index (χ4n) is 1.92. The zero-order valence-corrected chi connectivity index (χ0v) is 10.3. The molecule has 2 aromatic rings. The molecule has 2 aromatic heterocycles. The largest absolute Gasteiger partial charge is 0.333 e. The molecule has 0 saturated heterocycles. The van der Waals surface area contributed by atoms with Crippen LogP contribution >= 0.6 is 0 Å². The molecule has 0 aliphatic carbocycles. The molecule has 0 spiro atoms. The number of hydrogen-bond acceptors (Lipinski definition) is 2. The number of aryl methyl sites for hydroxylation is 2. The first-order chi connectivity index (χ1) is 8.26. The van der Waals surface area contributed by atoms with Crippen molar-refractivity contribution in [3.63, 3.8) is 0 Å². The predicted molar refractivity (Wildman–Crippen MR) is 66.0 cm³/mol. The van der Waals surface area contributed by atoms with E-state index in [1.54, 1.807) is 15.5 Å². The Kier molecular flexibility index (Phi) is 3.46. The normalized spacial score (nSPS) is 10.9. The summed E-state index contributed by atoms with van der Waals surface area (Å²) in [6.07, 6.45) is 8.26. The van der Waals surface area contributed by atoms with Crippen LogP contribution in [0, 0.1) is 0 Å². The Morgan fingerprint density at radius 1 is 1.18 bits per heavy atom. The quantitative estimate of drug-likeness (QED) is 0.783. The SMILES string of the molecule is CCCn1ccn(Cc2cncn2CC)c1=O.